The minimum absolute atomic E-state index is 1.17. The second-order valence-electron chi connectivity index (χ2n) is 2.06. The van der Waals surface area contributed by atoms with E-state index in [4.69, 9.17) is 0 Å². The number of aryl methyl sites for hydroxylation is 2. The Bertz CT molecular complexity index is 162. The Morgan fingerprint density at radius 1 is 1.44 bits per heavy atom. The normalized spacial score (nSPS) is 10.9. The van der Waals surface area contributed by atoms with Crippen molar-refractivity contribution in [3.8, 4) is 0 Å². The summed E-state index contributed by atoms with van der Waals surface area (Å²) in [4.78, 5) is 0. The van der Waals surface area contributed by atoms with Crippen molar-refractivity contribution in [2.24, 2.45) is 0 Å². The predicted octanol–water partition coefficient (Wildman–Crippen LogP) is 2.72. The van der Waals surface area contributed by atoms with Crippen molar-refractivity contribution < 1.29 is 0 Å². The molecule has 1 aromatic rings. The number of hydrogen-bond acceptors (Lipinski definition) is 0. The van der Waals surface area contributed by atoms with Gasteiger partial charge < -0.3 is 4.75 Å². The fourth-order valence-corrected chi connectivity index (χ4v) is 1.86. The van der Waals surface area contributed by atoms with E-state index >= 15 is 0 Å². The summed E-state index contributed by atoms with van der Waals surface area (Å²) in [6, 6.07) is 0. The molecule has 50 valence electrons. The third-order valence-corrected chi connectivity index (χ3v) is 2.66. The molecule has 2 heteroatoms. The van der Waals surface area contributed by atoms with Crippen molar-refractivity contribution in [2.75, 3.05) is 0 Å². The lowest BCUT2D eigenvalue weighted by Gasteiger charge is -1.91. The zero-order chi connectivity index (χ0) is 6.69. The van der Waals surface area contributed by atoms with Gasteiger partial charge in [-0.15, -0.1) is 0 Å². The molecular weight excluding hydrogens is 129 g/mol. The molecule has 0 aliphatic rings. The molecule has 0 atom stereocenters. The molecule has 9 heavy (non-hydrogen) atoms. The van der Waals surface area contributed by atoms with E-state index in [0.717, 1.165) is 0 Å². The van der Waals surface area contributed by atoms with Crippen LogP contribution in [0, 0.1) is 0 Å². The summed E-state index contributed by atoms with van der Waals surface area (Å²) in [6.07, 6.45) is 4.48. The highest BCUT2D eigenvalue weighted by atomic mass is 31.0. The Balaban J connectivity index is 2.85. The third kappa shape index (κ3) is 1.34. The molecule has 1 nitrogen and oxygen atoms in total. The van der Waals surface area contributed by atoms with Crippen LogP contribution in [0.1, 0.15) is 24.7 Å². The first-order valence-corrected chi connectivity index (χ1v) is 4.29. The first-order valence-electron chi connectivity index (χ1n) is 3.40. The molecule has 0 spiro atoms. The maximum atomic E-state index is 3.20. The molecule has 1 aromatic heterocycles. The van der Waals surface area contributed by atoms with Crippen molar-refractivity contribution >= 4 is 8.35 Å². The molecule has 0 amide bonds. The number of hydrogen-bond donors (Lipinski definition) is 1. The Morgan fingerprint density at radius 3 is 2.67 bits per heavy atom. The molecular formula is C7H12NP. The van der Waals surface area contributed by atoms with Crippen LogP contribution in [-0.2, 0) is 12.8 Å². The monoisotopic (exact) mass is 141 g/mol. The molecule has 0 saturated heterocycles. The maximum absolute atomic E-state index is 3.20. The van der Waals surface area contributed by atoms with E-state index in [1.807, 2.05) is 0 Å². The molecule has 0 fully saturated rings. The lowest BCUT2D eigenvalue weighted by atomic mass is 10.2. The summed E-state index contributed by atoms with van der Waals surface area (Å²) in [5.41, 5.74) is 1.50. The first-order chi connectivity index (χ1) is 4.38. The number of rotatable bonds is 2. The van der Waals surface area contributed by atoms with Gasteiger partial charge in [-0.05, 0) is 18.4 Å². The SMILES string of the molecule is CCc1c[nH]pc1CC. The quantitative estimate of drug-likeness (QED) is 0.651. The van der Waals surface area contributed by atoms with E-state index in [9.17, 15) is 0 Å². The zero-order valence-electron chi connectivity index (χ0n) is 5.94. The molecule has 0 unspecified atom stereocenters. The summed E-state index contributed by atoms with van der Waals surface area (Å²) in [5.74, 6) is 0. The smallest absolute Gasteiger partial charge is 0.0141 e. The van der Waals surface area contributed by atoms with Gasteiger partial charge in [0, 0.05) is 19.8 Å². The van der Waals surface area contributed by atoms with Gasteiger partial charge in [-0.3, -0.25) is 0 Å². The van der Waals surface area contributed by atoms with Crippen LogP contribution in [0.4, 0.5) is 0 Å². The molecule has 1 heterocycles. The van der Waals surface area contributed by atoms with Gasteiger partial charge in [-0.25, -0.2) is 0 Å². The molecule has 0 radical (unpaired) electrons. The van der Waals surface area contributed by atoms with Crippen LogP contribution in [0.15, 0.2) is 6.20 Å². The topological polar surface area (TPSA) is 15.8 Å². The van der Waals surface area contributed by atoms with Gasteiger partial charge in [-0.2, -0.15) is 0 Å². The first kappa shape index (κ1) is 6.82. The van der Waals surface area contributed by atoms with Crippen molar-refractivity contribution in [1.82, 2.24) is 4.75 Å². The van der Waals surface area contributed by atoms with Gasteiger partial charge in [0.2, 0.25) is 0 Å². The van der Waals surface area contributed by atoms with Gasteiger partial charge in [0.1, 0.15) is 0 Å². The van der Waals surface area contributed by atoms with Crippen LogP contribution < -0.4 is 0 Å². The second-order valence-corrected chi connectivity index (χ2v) is 3.09. The highest BCUT2D eigenvalue weighted by Gasteiger charge is 1.97. The van der Waals surface area contributed by atoms with Crippen LogP contribution in [-0.4, -0.2) is 4.75 Å². The van der Waals surface area contributed by atoms with Crippen molar-refractivity contribution in [3.63, 3.8) is 0 Å². The molecule has 0 aliphatic carbocycles. The summed E-state index contributed by atoms with van der Waals surface area (Å²) >= 11 is 0. The summed E-state index contributed by atoms with van der Waals surface area (Å²) in [7, 11) is 1.31. The van der Waals surface area contributed by atoms with Gasteiger partial charge >= 0.3 is 0 Å². The highest BCUT2D eigenvalue weighted by molar-refractivity contribution is 7.26. The van der Waals surface area contributed by atoms with E-state index in [0.29, 0.717) is 0 Å². The van der Waals surface area contributed by atoms with Gasteiger partial charge in [0.15, 0.2) is 0 Å². The minimum Gasteiger partial charge on any atom is -0.344 e. The minimum atomic E-state index is 1.17. The average Bonchev–Trinajstić information content (AvgIpc) is 2.33. The molecule has 1 N–H and O–H groups in total. The second kappa shape index (κ2) is 3.03. The third-order valence-electron chi connectivity index (χ3n) is 1.52. The Labute approximate surface area is 57.7 Å². The number of aromatic amines is 1. The van der Waals surface area contributed by atoms with Gasteiger partial charge in [0.05, 0.1) is 0 Å². The number of H-pyrrole nitrogens is 1. The summed E-state index contributed by atoms with van der Waals surface area (Å²) in [5, 5.41) is 1.55. The summed E-state index contributed by atoms with van der Waals surface area (Å²) in [6.45, 7) is 4.41. The van der Waals surface area contributed by atoms with E-state index in [-0.39, 0.29) is 0 Å². The highest BCUT2D eigenvalue weighted by Crippen LogP contribution is 2.18. The van der Waals surface area contributed by atoms with E-state index in [1.165, 1.54) is 26.8 Å². The number of nitrogens with one attached hydrogen (secondary N) is 1. The largest absolute Gasteiger partial charge is 0.344 e. The van der Waals surface area contributed by atoms with E-state index in [1.54, 1.807) is 5.30 Å². The van der Waals surface area contributed by atoms with Crippen molar-refractivity contribution in [3.05, 3.63) is 17.1 Å². The van der Waals surface area contributed by atoms with Crippen LogP contribution in [0.3, 0.4) is 0 Å². The van der Waals surface area contributed by atoms with Crippen LogP contribution in [0.2, 0.25) is 0 Å². The standard InChI is InChI=1S/C7H12NP/c1-3-6-5-8-9-7(6)4-2/h5,8H,3-4H2,1-2H3. The van der Waals surface area contributed by atoms with Crippen molar-refractivity contribution in [2.45, 2.75) is 26.7 Å². The lowest BCUT2D eigenvalue weighted by Crippen LogP contribution is -1.80. The fourth-order valence-electron chi connectivity index (χ4n) is 0.955. The predicted molar refractivity (Wildman–Crippen MR) is 42.1 cm³/mol. The maximum Gasteiger partial charge on any atom is 0.0141 e. The Morgan fingerprint density at radius 2 is 2.22 bits per heavy atom. The van der Waals surface area contributed by atoms with Crippen LogP contribution >= 0.6 is 8.35 Å². The van der Waals surface area contributed by atoms with Gasteiger partial charge in [-0.1, -0.05) is 13.8 Å². The number of aromatic nitrogens is 1. The molecule has 0 aliphatic heterocycles. The molecule has 1 rings (SSSR count). The van der Waals surface area contributed by atoms with Crippen LogP contribution in [0.25, 0.3) is 0 Å². The van der Waals surface area contributed by atoms with Crippen molar-refractivity contribution in [1.29, 1.82) is 0 Å². The molecule has 0 aromatic carbocycles. The Hall–Kier alpha value is -0.290. The zero-order valence-corrected chi connectivity index (χ0v) is 6.83. The van der Waals surface area contributed by atoms with E-state index in [2.05, 4.69) is 24.8 Å². The average molecular weight is 141 g/mol. The van der Waals surface area contributed by atoms with E-state index < -0.39 is 0 Å². The molecule has 0 bridgehead atoms. The lowest BCUT2D eigenvalue weighted by molar-refractivity contribution is 1.07. The summed E-state index contributed by atoms with van der Waals surface area (Å²) < 4.78 is 3.20. The van der Waals surface area contributed by atoms with Crippen LogP contribution in [0.5, 0.6) is 0 Å². The fraction of sp³-hybridized carbons (Fsp3) is 0.571. The molecule has 0 saturated carbocycles. The van der Waals surface area contributed by atoms with Gasteiger partial charge in [0.25, 0.3) is 0 Å². The Kier molecular flexibility index (Phi) is 2.29.